The van der Waals surface area contributed by atoms with Gasteiger partial charge in [0.05, 0.1) is 21.3 Å². The van der Waals surface area contributed by atoms with E-state index in [9.17, 15) is 4.79 Å². The van der Waals surface area contributed by atoms with Crippen molar-refractivity contribution in [2.75, 3.05) is 48.5 Å². The van der Waals surface area contributed by atoms with Gasteiger partial charge in [-0.1, -0.05) is 6.92 Å². The van der Waals surface area contributed by atoms with Crippen LogP contribution in [0.15, 0.2) is 17.1 Å². The zero-order valence-electron chi connectivity index (χ0n) is 20.7. The quantitative estimate of drug-likeness (QED) is 0.269. The van der Waals surface area contributed by atoms with Crippen molar-refractivity contribution in [3.8, 4) is 17.2 Å². The molecule has 184 valence electrons. The molecule has 0 fully saturated rings. The Kier molecular flexibility index (Phi) is 13.2. The summed E-state index contributed by atoms with van der Waals surface area (Å²) in [6, 6.07) is 3.78. The number of benzene rings is 1. The fraction of sp³-hybridized carbons (Fsp3) is 0.636. The molecular weight excluding hydrogens is 527 g/mol. The molecule has 0 aliphatic rings. The second-order valence-corrected chi connectivity index (χ2v) is 8.31. The monoisotopic (exact) mass is 566 g/mol. The highest BCUT2D eigenvalue weighted by atomic mass is 127. The summed E-state index contributed by atoms with van der Waals surface area (Å²) in [4.78, 5) is 18.0. The summed E-state index contributed by atoms with van der Waals surface area (Å²) in [7, 11) is 8.20. The third-order valence-corrected chi connectivity index (χ3v) is 4.32. The van der Waals surface area contributed by atoms with Crippen molar-refractivity contribution in [1.82, 2.24) is 15.5 Å². The second-order valence-electron chi connectivity index (χ2n) is 8.31. The van der Waals surface area contributed by atoms with Gasteiger partial charge < -0.3 is 34.5 Å². The van der Waals surface area contributed by atoms with Crippen LogP contribution in [0, 0.1) is 5.92 Å². The molecule has 1 rings (SSSR count). The molecule has 0 aromatic heterocycles. The Labute approximate surface area is 209 Å². The SMILES string of the molecule is CN=C(NCc1cc(OC)c(OC)c(OC)c1)NCC(C)CN(C)C(=O)OC(C)(C)C.I. The third kappa shape index (κ3) is 10.0. The maximum atomic E-state index is 12.1. The Morgan fingerprint density at radius 2 is 1.66 bits per heavy atom. The minimum Gasteiger partial charge on any atom is -0.493 e. The van der Waals surface area contributed by atoms with Gasteiger partial charge in [0.25, 0.3) is 0 Å². The zero-order valence-corrected chi connectivity index (χ0v) is 23.0. The highest BCUT2D eigenvalue weighted by molar-refractivity contribution is 14.0. The number of halogens is 1. The number of carbonyl (C=O) groups is 1. The Morgan fingerprint density at radius 1 is 1.09 bits per heavy atom. The van der Waals surface area contributed by atoms with Crippen molar-refractivity contribution in [2.24, 2.45) is 10.9 Å². The molecule has 1 aromatic carbocycles. The summed E-state index contributed by atoms with van der Waals surface area (Å²) in [5.41, 5.74) is 0.446. The van der Waals surface area contributed by atoms with Gasteiger partial charge in [0.15, 0.2) is 17.5 Å². The number of carbonyl (C=O) groups excluding carboxylic acids is 1. The molecule has 10 heteroatoms. The van der Waals surface area contributed by atoms with Crippen LogP contribution in [0.3, 0.4) is 0 Å². The Balaban J connectivity index is 0.00000961. The number of ether oxygens (including phenoxy) is 4. The molecular formula is C22H39IN4O5. The minimum absolute atomic E-state index is 0. The highest BCUT2D eigenvalue weighted by Gasteiger charge is 2.21. The average molecular weight is 566 g/mol. The van der Waals surface area contributed by atoms with Gasteiger partial charge >= 0.3 is 6.09 Å². The normalized spacial score (nSPS) is 12.2. The number of nitrogens with one attached hydrogen (secondary N) is 2. The summed E-state index contributed by atoms with van der Waals surface area (Å²) in [6.45, 7) is 9.34. The fourth-order valence-corrected chi connectivity index (χ4v) is 2.86. The van der Waals surface area contributed by atoms with Crippen LogP contribution in [-0.4, -0.2) is 71.1 Å². The molecule has 0 saturated heterocycles. The van der Waals surface area contributed by atoms with Gasteiger partial charge in [0.1, 0.15) is 5.60 Å². The molecule has 0 aliphatic heterocycles. The molecule has 0 saturated carbocycles. The Hall–Kier alpha value is -2.11. The molecule has 1 amide bonds. The van der Waals surface area contributed by atoms with Crippen LogP contribution in [0.4, 0.5) is 4.79 Å². The van der Waals surface area contributed by atoms with Crippen molar-refractivity contribution >= 4 is 36.0 Å². The first kappa shape index (κ1) is 29.9. The minimum atomic E-state index is -0.508. The van der Waals surface area contributed by atoms with Crippen LogP contribution in [0.2, 0.25) is 0 Å². The van der Waals surface area contributed by atoms with Gasteiger partial charge in [-0.25, -0.2) is 4.79 Å². The van der Waals surface area contributed by atoms with Gasteiger partial charge in [-0.3, -0.25) is 4.99 Å². The summed E-state index contributed by atoms with van der Waals surface area (Å²) in [6.07, 6.45) is -0.329. The van der Waals surface area contributed by atoms with Gasteiger partial charge in [-0.05, 0) is 44.4 Å². The molecule has 0 aliphatic carbocycles. The highest BCUT2D eigenvalue weighted by Crippen LogP contribution is 2.38. The van der Waals surface area contributed by atoms with E-state index in [4.69, 9.17) is 18.9 Å². The van der Waals surface area contributed by atoms with Crippen molar-refractivity contribution in [1.29, 1.82) is 0 Å². The van der Waals surface area contributed by atoms with Crippen LogP contribution in [-0.2, 0) is 11.3 Å². The second kappa shape index (κ2) is 14.1. The molecule has 0 heterocycles. The van der Waals surface area contributed by atoms with Crippen LogP contribution in [0.25, 0.3) is 0 Å². The molecule has 1 aromatic rings. The first-order chi connectivity index (χ1) is 14.5. The molecule has 9 nitrogen and oxygen atoms in total. The smallest absolute Gasteiger partial charge is 0.410 e. The van der Waals surface area contributed by atoms with Crippen molar-refractivity contribution < 1.29 is 23.7 Å². The van der Waals surface area contributed by atoms with E-state index in [0.717, 1.165) is 5.56 Å². The van der Waals surface area contributed by atoms with E-state index in [1.807, 2.05) is 32.9 Å². The third-order valence-electron chi connectivity index (χ3n) is 4.32. The largest absolute Gasteiger partial charge is 0.493 e. The lowest BCUT2D eigenvalue weighted by molar-refractivity contribution is 0.0278. The lowest BCUT2D eigenvalue weighted by atomic mass is 10.1. The van der Waals surface area contributed by atoms with E-state index < -0.39 is 5.60 Å². The summed E-state index contributed by atoms with van der Waals surface area (Å²) in [5.74, 6) is 2.60. The van der Waals surface area contributed by atoms with Gasteiger partial charge in [0, 0.05) is 33.7 Å². The van der Waals surface area contributed by atoms with Gasteiger partial charge in [-0.2, -0.15) is 0 Å². The van der Waals surface area contributed by atoms with Crippen LogP contribution in [0.5, 0.6) is 17.2 Å². The lowest BCUT2D eigenvalue weighted by Gasteiger charge is -2.26. The number of nitrogens with zero attached hydrogens (tertiary/aromatic N) is 2. The number of hydrogen-bond acceptors (Lipinski definition) is 6. The molecule has 32 heavy (non-hydrogen) atoms. The maximum Gasteiger partial charge on any atom is 0.410 e. The number of methoxy groups -OCH3 is 3. The summed E-state index contributed by atoms with van der Waals surface area (Å²) in [5, 5.41) is 6.55. The predicted molar refractivity (Wildman–Crippen MR) is 138 cm³/mol. The molecule has 0 bridgehead atoms. The van der Waals surface area contributed by atoms with E-state index >= 15 is 0 Å². The zero-order chi connectivity index (χ0) is 23.6. The Bertz CT molecular complexity index is 727. The topological polar surface area (TPSA) is 93.7 Å². The first-order valence-corrected chi connectivity index (χ1v) is 10.2. The molecule has 2 N–H and O–H groups in total. The summed E-state index contributed by atoms with van der Waals surface area (Å²) < 4.78 is 21.5. The van der Waals surface area contributed by atoms with E-state index in [2.05, 4.69) is 22.5 Å². The van der Waals surface area contributed by atoms with Crippen LogP contribution >= 0.6 is 24.0 Å². The standard InChI is InChI=1S/C22H38N4O5.HI/c1-15(14-26(6)21(27)31-22(2,3)4)12-24-20(23-5)25-13-16-10-17(28-7)19(30-9)18(11-16)29-8;/h10-11,15H,12-14H2,1-9H3,(H2,23,24,25);1H. The maximum absolute atomic E-state index is 12.1. The van der Waals surface area contributed by atoms with E-state index in [-0.39, 0.29) is 36.0 Å². The summed E-state index contributed by atoms with van der Waals surface area (Å²) >= 11 is 0. The van der Waals surface area contributed by atoms with Crippen LogP contribution < -0.4 is 24.8 Å². The first-order valence-electron chi connectivity index (χ1n) is 10.2. The molecule has 0 spiro atoms. The predicted octanol–water partition coefficient (Wildman–Crippen LogP) is 3.50. The van der Waals surface area contributed by atoms with Crippen molar-refractivity contribution in [2.45, 2.75) is 39.8 Å². The van der Waals surface area contributed by atoms with Crippen molar-refractivity contribution in [3.63, 3.8) is 0 Å². The molecule has 1 atom stereocenters. The number of amides is 1. The molecule has 1 unspecified atom stereocenters. The number of guanidine groups is 1. The van der Waals surface area contributed by atoms with E-state index in [0.29, 0.717) is 42.8 Å². The average Bonchev–Trinajstić information content (AvgIpc) is 2.71. The number of hydrogen-bond donors (Lipinski definition) is 2. The lowest BCUT2D eigenvalue weighted by Crippen LogP contribution is -2.42. The number of rotatable bonds is 9. The number of aliphatic imine (C=N–C) groups is 1. The van der Waals surface area contributed by atoms with E-state index in [1.165, 1.54) is 0 Å². The molecule has 0 radical (unpaired) electrons. The van der Waals surface area contributed by atoms with E-state index in [1.54, 1.807) is 40.3 Å². The Morgan fingerprint density at radius 3 is 2.09 bits per heavy atom. The fourth-order valence-electron chi connectivity index (χ4n) is 2.86. The van der Waals surface area contributed by atoms with Gasteiger partial charge in [-0.15, -0.1) is 24.0 Å². The van der Waals surface area contributed by atoms with Gasteiger partial charge in [0.2, 0.25) is 5.75 Å². The van der Waals surface area contributed by atoms with Crippen LogP contribution in [0.1, 0.15) is 33.3 Å². The van der Waals surface area contributed by atoms with Crippen molar-refractivity contribution in [3.05, 3.63) is 17.7 Å².